The van der Waals surface area contributed by atoms with Crippen LogP contribution in [-0.2, 0) is 0 Å². The van der Waals surface area contributed by atoms with E-state index in [4.69, 9.17) is 0 Å². The van der Waals surface area contributed by atoms with Crippen LogP contribution in [0.25, 0.3) is 28.1 Å². The maximum absolute atomic E-state index is 13.3. The zero-order valence-electron chi connectivity index (χ0n) is 20.1. The van der Waals surface area contributed by atoms with Crippen LogP contribution in [0.2, 0.25) is 0 Å². The van der Waals surface area contributed by atoms with Gasteiger partial charge in [-0.15, -0.1) is 4.57 Å². The van der Waals surface area contributed by atoms with Gasteiger partial charge in [0.05, 0.1) is 0 Å². The predicted molar refractivity (Wildman–Crippen MR) is 135 cm³/mol. The molecule has 0 bridgehead atoms. The third-order valence-corrected chi connectivity index (χ3v) is 5.09. The first-order valence-corrected chi connectivity index (χ1v) is 11.2. The molecule has 186 valence electrons. The molecular formula is C27H26BF4N3O. The molecule has 0 aliphatic heterocycles. The van der Waals surface area contributed by atoms with E-state index in [1.54, 1.807) is 5.01 Å². The van der Waals surface area contributed by atoms with Crippen LogP contribution in [0, 0.1) is 6.92 Å². The molecule has 0 aliphatic rings. The summed E-state index contributed by atoms with van der Waals surface area (Å²) in [6, 6.07) is 32.7. The number of carbonyl (C=O) groups is 1. The Kier molecular flexibility index (Phi) is 8.61. The fourth-order valence-electron chi connectivity index (χ4n) is 3.61. The quantitative estimate of drug-likeness (QED) is 0.157. The van der Waals surface area contributed by atoms with Crippen LogP contribution in [-0.4, -0.2) is 32.3 Å². The van der Waals surface area contributed by atoms with Gasteiger partial charge in [0.15, 0.2) is 0 Å². The lowest BCUT2D eigenvalue weighted by Gasteiger charge is -2.14. The molecule has 0 unspecified atom stereocenters. The normalized spacial score (nSPS) is 11.0. The summed E-state index contributed by atoms with van der Waals surface area (Å²) in [7, 11) is -2.37. The summed E-state index contributed by atoms with van der Waals surface area (Å²) in [5, 5.41) is 1.67. The molecule has 1 heterocycles. The summed E-state index contributed by atoms with van der Waals surface area (Å²) in [4.78, 5) is 13.3. The number of aromatic nitrogens is 1. The topological polar surface area (TPSA) is 36.2 Å². The van der Waals surface area contributed by atoms with Gasteiger partial charge in [0.2, 0.25) is 11.4 Å². The van der Waals surface area contributed by atoms with Crippen molar-refractivity contribution in [2.45, 2.75) is 6.92 Å². The Hall–Kier alpha value is -3.98. The van der Waals surface area contributed by atoms with Crippen molar-refractivity contribution in [2.75, 3.05) is 14.1 Å². The van der Waals surface area contributed by atoms with Crippen molar-refractivity contribution in [3.05, 3.63) is 108 Å². The maximum Gasteiger partial charge on any atom is 0.673 e. The monoisotopic (exact) mass is 495 g/mol. The zero-order valence-corrected chi connectivity index (χ0v) is 20.1. The van der Waals surface area contributed by atoms with Gasteiger partial charge in [-0.2, -0.15) is 0 Å². The van der Waals surface area contributed by atoms with Crippen molar-refractivity contribution < 1.29 is 26.6 Å². The average Bonchev–Trinajstić information content (AvgIpc) is 2.83. The molecular weight excluding hydrogens is 469 g/mol. The van der Waals surface area contributed by atoms with Gasteiger partial charge in [0.25, 0.3) is 5.69 Å². The summed E-state index contributed by atoms with van der Waals surface area (Å²) in [5.74, 6) is -0.166. The third-order valence-electron chi connectivity index (χ3n) is 5.09. The van der Waals surface area contributed by atoms with E-state index in [0.29, 0.717) is 5.69 Å². The predicted octanol–water partition coefficient (Wildman–Crippen LogP) is 6.11. The minimum Gasteiger partial charge on any atom is -0.418 e. The highest BCUT2D eigenvalue weighted by Gasteiger charge is 2.28. The maximum atomic E-state index is 13.3. The van der Waals surface area contributed by atoms with Gasteiger partial charge < -0.3 is 17.3 Å². The van der Waals surface area contributed by atoms with Crippen LogP contribution < -0.4 is 9.99 Å². The van der Waals surface area contributed by atoms with Crippen molar-refractivity contribution in [3.8, 4) is 28.1 Å². The van der Waals surface area contributed by atoms with Crippen LogP contribution in [0.15, 0.2) is 97.1 Å². The lowest BCUT2D eigenvalue weighted by Crippen LogP contribution is -2.46. The molecule has 4 nitrogen and oxygen atoms in total. The smallest absolute Gasteiger partial charge is 0.418 e. The van der Waals surface area contributed by atoms with E-state index in [1.165, 1.54) is 5.56 Å². The van der Waals surface area contributed by atoms with Gasteiger partial charge in [0.1, 0.15) is 0 Å². The van der Waals surface area contributed by atoms with Crippen LogP contribution >= 0.6 is 0 Å². The standard InChI is InChI=1S/C27H25N3O.BF4/c1-20-14-16-24(17-15-20)30-25(22-12-8-5-9-13-22)18-23(21-10-6-4-7-11-21)19-26(30)27(31)28-29(2)3;2-1(3,4)5/h4-19H,1-3H3;/q;-1/p+1. The molecule has 1 N–H and O–H groups in total. The van der Waals surface area contributed by atoms with Crippen molar-refractivity contribution in [1.82, 2.24) is 10.4 Å². The van der Waals surface area contributed by atoms with E-state index in [-0.39, 0.29) is 5.91 Å². The second kappa shape index (κ2) is 11.6. The minimum atomic E-state index is -6.00. The molecule has 0 aliphatic carbocycles. The van der Waals surface area contributed by atoms with E-state index in [2.05, 4.69) is 66.9 Å². The molecule has 3 aromatic carbocycles. The molecule has 0 saturated heterocycles. The lowest BCUT2D eigenvalue weighted by molar-refractivity contribution is -0.586. The van der Waals surface area contributed by atoms with Crippen molar-refractivity contribution in [2.24, 2.45) is 0 Å². The Morgan fingerprint density at radius 1 is 0.750 bits per heavy atom. The highest BCUT2D eigenvalue weighted by molar-refractivity contribution is 6.50. The Morgan fingerprint density at radius 2 is 1.25 bits per heavy atom. The first-order valence-electron chi connectivity index (χ1n) is 11.2. The molecule has 0 fully saturated rings. The first-order chi connectivity index (χ1) is 17.0. The largest absolute Gasteiger partial charge is 0.673 e. The average molecular weight is 495 g/mol. The number of pyridine rings is 1. The van der Waals surface area contributed by atoms with Crippen molar-refractivity contribution >= 4 is 13.2 Å². The number of hydrogen-bond acceptors (Lipinski definition) is 2. The number of benzene rings is 3. The summed E-state index contributed by atoms with van der Waals surface area (Å²) < 4.78 is 41.0. The van der Waals surface area contributed by atoms with Gasteiger partial charge in [-0.25, -0.2) is 5.01 Å². The molecule has 0 radical (unpaired) electrons. The molecule has 0 spiro atoms. The number of aryl methyl sites for hydroxylation is 1. The molecule has 36 heavy (non-hydrogen) atoms. The van der Waals surface area contributed by atoms with Crippen molar-refractivity contribution in [1.29, 1.82) is 0 Å². The number of hydrazine groups is 1. The second-order valence-electron chi connectivity index (χ2n) is 8.25. The lowest BCUT2D eigenvalue weighted by atomic mass is 10.0. The third kappa shape index (κ3) is 7.51. The molecule has 0 atom stereocenters. The molecule has 9 heteroatoms. The number of carbonyl (C=O) groups excluding carboxylic acids is 1. The fourth-order valence-corrected chi connectivity index (χ4v) is 3.61. The molecule has 4 aromatic rings. The van der Waals surface area contributed by atoms with E-state index in [0.717, 1.165) is 28.1 Å². The Morgan fingerprint density at radius 3 is 1.75 bits per heavy atom. The van der Waals surface area contributed by atoms with E-state index >= 15 is 0 Å². The highest BCUT2D eigenvalue weighted by Crippen LogP contribution is 2.26. The van der Waals surface area contributed by atoms with Gasteiger partial charge in [-0.3, -0.25) is 10.2 Å². The van der Waals surface area contributed by atoms with Crippen LogP contribution in [0.3, 0.4) is 0 Å². The van der Waals surface area contributed by atoms with Crippen molar-refractivity contribution in [3.63, 3.8) is 0 Å². The molecule has 1 amide bonds. The van der Waals surface area contributed by atoms with Crippen LogP contribution in [0.5, 0.6) is 0 Å². The van der Waals surface area contributed by atoms with E-state index < -0.39 is 7.25 Å². The summed E-state index contributed by atoms with van der Waals surface area (Å²) in [6.07, 6.45) is 0. The Bertz CT molecular complexity index is 1290. The minimum absolute atomic E-state index is 0.166. The summed E-state index contributed by atoms with van der Waals surface area (Å²) >= 11 is 0. The van der Waals surface area contributed by atoms with Gasteiger partial charge in [-0.1, -0.05) is 66.2 Å². The fraction of sp³-hybridized carbons (Fsp3) is 0.111. The van der Waals surface area contributed by atoms with Crippen LogP contribution in [0.1, 0.15) is 16.1 Å². The van der Waals surface area contributed by atoms with Crippen LogP contribution in [0.4, 0.5) is 17.3 Å². The number of halogens is 4. The number of nitrogens with one attached hydrogen (secondary N) is 1. The van der Waals surface area contributed by atoms with Gasteiger partial charge >= 0.3 is 13.2 Å². The van der Waals surface area contributed by atoms with Gasteiger partial charge in [0, 0.05) is 43.9 Å². The zero-order chi connectivity index (χ0) is 26.3. The summed E-state index contributed by atoms with van der Waals surface area (Å²) in [5.41, 5.74) is 9.64. The van der Waals surface area contributed by atoms with E-state index in [1.807, 2.05) is 61.1 Å². The highest BCUT2D eigenvalue weighted by atomic mass is 19.5. The van der Waals surface area contributed by atoms with E-state index in [9.17, 15) is 22.1 Å². The molecule has 4 rings (SSSR count). The summed E-state index contributed by atoms with van der Waals surface area (Å²) in [6.45, 7) is 2.06. The molecule has 0 saturated carbocycles. The SMILES string of the molecule is Cc1ccc(-[n+]2c(C(=O)NN(C)C)cc(-c3ccccc3)cc2-c2ccccc2)cc1.F[B-](F)(F)F. The number of rotatable bonds is 5. The molecule has 1 aromatic heterocycles. The number of amides is 1. The Labute approximate surface area is 207 Å². The first kappa shape index (κ1) is 26.6. The number of hydrogen-bond donors (Lipinski definition) is 1. The Balaban J connectivity index is 0.000000658. The second-order valence-corrected chi connectivity index (χ2v) is 8.25. The number of nitrogens with zero attached hydrogens (tertiary/aromatic N) is 2. The van der Waals surface area contributed by atoms with Gasteiger partial charge in [-0.05, 0) is 30.2 Å².